The van der Waals surface area contributed by atoms with Gasteiger partial charge >= 0.3 is 0 Å². The monoisotopic (exact) mass is 389 g/mol. The van der Waals surface area contributed by atoms with Gasteiger partial charge in [-0.2, -0.15) is 5.10 Å². The molecule has 1 aliphatic heterocycles. The fourth-order valence-electron chi connectivity index (χ4n) is 2.58. The van der Waals surface area contributed by atoms with Gasteiger partial charge in [0.2, 0.25) is 5.91 Å². The highest BCUT2D eigenvalue weighted by atomic mass is 79.9. The molecule has 0 bridgehead atoms. The van der Waals surface area contributed by atoms with E-state index in [0.29, 0.717) is 12.2 Å². The molecule has 0 spiro atoms. The van der Waals surface area contributed by atoms with Crippen molar-refractivity contribution in [2.75, 3.05) is 0 Å². The lowest BCUT2D eigenvalue weighted by Crippen LogP contribution is -2.29. The summed E-state index contributed by atoms with van der Waals surface area (Å²) in [6, 6.07) is 10.8. The summed E-state index contributed by atoms with van der Waals surface area (Å²) in [5.41, 5.74) is 1.66. The molecule has 0 radical (unpaired) electrons. The summed E-state index contributed by atoms with van der Waals surface area (Å²) < 4.78 is 6.38. The third-order valence-corrected chi connectivity index (χ3v) is 4.29. The first-order valence-corrected chi connectivity index (χ1v) is 8.22. The van der Waals surface area contributed by atoms with Crippen molar-refractivity contribution in [3.8, 4) is 0 Å². The molecule has 1 amide bonds. The summed E-state index contributed by atoms with van der Waals surface area (Å²) in [5.74, 6) is -1.01. The number of carbonyl (C=O) groups excluding carboxylic acids is 2. The Kier molecular flexibility index (Phi) is 4.80. The van der Waals surface area contributed by atoms with Crippen molar-refractivity contribution >= 4 is 33.5 Å². The number of rotatable bonds is 5. The Hall–Kier alpha value is -2.41. The Bertz CT molecular complexity index is 768. The summed E-state index contributed by atoms with van der Waals surface area (Å²) in [5, 5.41) is 16.3. The summed E-state index contributed by atoms with van der Waals surface area (Å²) in [6.07, 6.45) is 1.56. The molecule has 124 valence electrons. The van der Waals surface area contributed by atoms with Gasteiger partial charge in [-0.3, -0.25) is 4.79 Å². The minimum Gasteiger partial charge on any atom is -0.550 e. The molecule has 3 rings (SSSR count). The number of carboxylic acids is 1. The van der Waals surface area contributed by atoms with Crippen LogP contribution in [0.15, 0.2) is 56.7 Å². The van der Waals surface area contributed by atoms with Gasteiger partial charge in [0.25, 0.3) is 0 Å². The maximum Gasteiger partial charge on any atom is 0.243 e. The van der Waals surface area contributed by atoms with Crippen molar-refractivity contribution in [3.05, 3.63) is 58.5 Å². The first kappa shape index (κ1) is 16.4. The second-order valence-corrected chi connectivity index (χ2v) is 6.31. The maximum atomic E-state index is 12.4. The molecular formula is C17H14BrN2O4-. The van der Waals surface area contributed by atoms with Crippen LogP contribution in [0.1, 0.15) is 36.6 Å². The van der Waals surface area contributed by atoms with Crippen LogP contribution >= 0.6 is 15.9 Å². The lowest BCUT2D eigenvalue weighted by molar-refractivity contribution is -0.305. The molecule has 0 fully saturated rings. The fraction of sp³-hybridized carbons (Fsp3) is 0.235. The minimum absolute atomic E-state index is 0.156. The SMILES string of the molecule is O=C([O-])CCC(=O)N1N=C(c2ccc(Br)cc2)C[C@H]1c1ccco1. The van der Waals surface area contributed by atoms with E-state index in [1.807, 2.05) is 24.3 Å². The van der Waals surface area contributed by atoms with Crippen LogP contribution in [0.2, 0.25) is 0 Å². The number of hydrazone groups is 1. The van der Waals surface area contributed by atoms with Crippen molar-refractivity contribution in [2.45, 2.75) is 25.3 Å². The number of amides is 1. The zero-order chi connectivity index (χ0) is 17.1. The zero-order valence-electron chi connectivity index (χ0n) is 12.6. The van der Waals surface area contributed by atoms with Gasteiger partial charge in [-0.1, -0.05) is 28.1 Å². The van der Waals surface area contributed by atoms with Gasteiger partial charge in [0.15, 0.2) is 0 Å². The van der Waals surface area contributed by atoms with Crippen LogP contribution in [0, 0.1) is 0 Å². The van der Waals surface area contributed by atoms with E-state index in [9.17, 15) is 14.7 Å². The topological polar surface area (TPSA) is 85.9 Å². The lowest BCUT2D eigenvalue weighted by atomic mass is 10.0. The molecule has 0 saturated carbocycles. The van der Waals surface area contributed by atoms with Gasteiger partial charge in [0.05, 0.1) is 12.0 Å². The summed E-state index contributed by atoms with van der Waals surface area (Å²) in [7, 11) is 0. The first-order chi connectivity index (χ1) is 11.5. The van der Waals surface area contributed by atoms with Gasteiger partial charge < -0.3 is 14.3 Å². The average molecular weight is 390 g/mol. The number of halogens is 1. The smallest absolute Gasteiger partial charge is 0.243 e. The van der Waals surface area contributed by atoms with E-state index < -0.39 is 5.97 Å². The van der Waals surface area contributed by atoms with Crippen LogP contribution in [0.5, 0.6) is 0 Å². The first-order valence-electron chi connectivity index (χ1n) is 7.43. The minimum atomic E-state index is -1.26. The van der Waals surface area contributed by atoms with E-state index in [-0.39, 0.29) is 24.8 Å². The molecule has 2 heterocycles. The van der Waals surface area contributed by atoms with E-state index in [0.717, 1.165) is 15.7 Å². The van der Waals surface area contributed by atoms with Gasteiger partial charge in [-0.15, -0.1) is 0 Å². The van der Waals surface area contributed by atoms with Crippen molar-refractivity contribution in [1.29, 1.82) is 0 Å². The predicted octanol–water partition coefficient (Wildman–Crippen LogP) is 2.25. The molecule has 1 aromatic heterocycles. The van der Waals surface area contributed by atoms with Crippen molar-refractivity contribution in [2.24, 2.45) is 5.10 Å². The molecule has 0 aliphatic carbocycles. The molecule has 0 N–H and O–H groups in total. The highest BCUT2D eigenvalue weighted by Crippen LogP contribution is 2.33. The third kappa shape index (κ3) is 3.56. The standard InChI is InChI=1S/C17H15BrN2O4/c18-12-5-3-11(4-6-12)13-10-14(15-2-1-9-24-15)20(19-13)16(21)7-8-17(22)23/h1-6,9,14H,7-8,10H2,(H,22,23)/p-1/t14-/m0/s1. The highest BCUT2D eigenvalue weighted by Gasteiger charge is 2.34. The fourth-order valence-corrected chi connectivity index (χ4v) is 2.85. The predicted molar refractivity (Wildman–Crippen MR) is 87.8 cm³/mol. The second kappa shape index (κ2) is 7.00. The second-order valence-electron chi connectivity index (χ2n) is 5.40. The third-order valence-electron chi connectivity index (χ3n) is 3.76. The van der Waals surface area contributed by atoms with Crippen LogP contribution in [-0.4, -0.2) is 22.6 Å². The van der Waals surface area contributed by atoms with Gasteiger partial charge in [-0.25, -0.2) is 5.01 Å². The molecule has 2 aromatic rings. The summed E-state index contributed by atoms with van der Waals surface area (Å²) >= 11 is 3.39. The summed E-state index contributed by atoms with van der Waals surface area (Å²) in [4.78, 5) is 23.0. The van der Waals surface area contributed by atoms with E-state index in [1.54, 1.807) is 12.1 Å². The molecular weight excluding hydrogens is 376 g/mol. The quantitative estimate of drug-likeness (QED) is 0.784. The van der Waals surface area contributed by atoms with Crippen LogP contribution in [-0.2, 0) is 9.59 Å². The average Bonchev–Trinajstić information content (AvgIpc) is 3.22. The number of furan rings is 1. The van der Waals surface area contributed by atoms with Gasteiger partial charge in [0, 0.05) is 23.3 Å². The van der Waals surface area contributed by atoms with Crippen LogP contribution < -0.4 is 5.11 Å². The number of carboxylic acid groups (broad SMARTS) is 1. The van der Waals surface area contributed by atoms with Gasteiger partial charge in [-0.05, 0) is 36.2 Å². The normalized spacial score (nSPS) is 17.0. The van der Waals surface area contributed by atoms with Crippen molar-refractivity contribution in [1.82, 2.24) is 5.01 Å². The molecule has 1 aliphatic rings. The Morgan fingerprint density at radius 1 is 1.25 bits per heavy atom. The van der Waals surface area contributed by atoms with Crippen molar-refractivity contribution < 1.29 is 19.1 Å². The highest BCUT2D eigenvalue weighted by molar-refractivity contribution is 9.10. The van der Waals surface area contributed by atoms with E-state index in [2.05, 4.69) is 21.0 Å². The van der Waals surface area contributed by atoms with Crippen molar-refractivity contribution in [3.63, 3.8) is 0 Å². The Morgan fingerprint density at radius 2 is 2.00 bits per heavy atom. The molecule has 7 heteroatoms. The Balaban J connectivity index is 1.86. The Morgan fingerprint density at radius 3 is 2.62 bits per heavy atom. The zero-order valence-corrected chi connectivity index (χ0v) is 14.2. The Labute approximate surface area is 146 Å². The van der Waals surface area contributed by atoms with Crippen LogP contribution in [0.25, 0.3) is 0 Å². The number of hydrogen-bond acceptors (Lipinski definition) is 5. The largest absolute Gasteiger partial charge is 0.550 e. The molecule has 24 heavy (non-hydrogen) atoms. The van der Waals surface area contributed by atoms with Crippen LogP contribution in [0.3, 0.4) is 0 Å². The van der Waals surface area contributed by atoms with Gasteiger partial charge in [0.1, 0.15) is 11.8 Å². The number of nitrogens with zero attached hydrogens (tertiary/aromatic N) is 2. The molecule has 1 aromatic carbocycles. The van der Waals surface area contributed by atoms with Crippen LogP contribution in [0.4, 0.5) is 0 Å². The molecule has 6 nitrogen and oxygen atoms in total. The summed E-state index contributed by atoms with van der Waals surface area (Å²) in [6.45, 7) is 0. The number of hydrogen-bond donors (Lipinski definition) is 0. The maximum absolute atomic E-state index is 12.4. The number of benzene rings is 1. The molecule has 0 unspecified atom stereocenters. The molecule has 0 saturated heterocycles. The van der Waals surface area contributed by atoms with E-state index >= 15 is 0 Å². The van der Waals surface area contributed by atoms with E-state index in [4.69, 9.17) is 4.42 Å². The lowest BCUT2D eigenvalue weighted by Gasteiger charge is -2.19. The number of aliphatic carboxylic acids is 1. The molecule has 1 atom stereocenters. The van der Waals surface area contributed by atoms with E-state index in [1.165, 1.54) is 11.3 Å². The number of carbonyl (C=O) groups is 2.